The summed E-state index contributed by atoms with van der Waals surface area (Å²) < 4.78 is 7.05. The zero-order valence-corrected chi connectivity index (χ0v) is 11.3. The maximum Gasteiger partial charge on any atom is 0.293 e. The van der Waals surface area contributed by atoms with Crippen LogP contribution in [0, 0.1) is 0 Å². The first-order valence-electron chi connectivity index (χ1n) is 6.66. The highest BCUT2D eigenvalue weighted by Crippen LogP contribution is 1.95. The van der Waals surface area contributed by atoms with Gasteiger partial charge in [0.15, 0.2) is 5.82 Å². The largest absolute Gasteiger partial charge is 0.381 e. The molecule has 0 saturated heterocycles. The summed E-state index contributed by atoms with van der Waals surface area (Å²) in [6.07, 6.45) is 6.24. The average Bonchev–Trinajstić information content (AvgIpc) is 2.38. The van der Waals surface area contributed by atoms with E-state index in [4.69, 9.17) is 4.74 Å². The van der Waals surface area contributed by atoms with Gasteiger partial charge in [0.2, 0.25) is 0 Å². The molecule has 0 aliphatic rings. The summed E-state index contributed by atoms with van der Waals surface area (Å²) in [6.45, 7) is 7.09. The molecule has 0 bridgehead atoms. The minimum atomic E-state index is -0.0474. The molecule has 1 N–H and O–H groups in total. The molecule has 1 heterocycles. The van der Waals surface area contributed by atoms with Gasteiger partial charge in [0.1, 0.15) is 0 Å². The number of nitrogens with zero attached hydrogens (tertiary/aromatic N) is 2. The maximum absolute atomic E-state index is 11.9. The minimum Gasteiger partial charge on any atom is -0.381 e. The fraction of sp³-hybridized carbons (Fsp3) is 0.692. The Morgan fingerprint density at radius 1 is 1.33 bits per heavy atom. The number of nitrogens with one attached hydrogen (secondary N) is 1. The van der Waals surface area contributed by atoms with Crippen molar-refractivity contribution in [3.63, 3.8) is 0 Å². The second-order valence-electron chi connectivity index (χ2n) is 4.17. The summed E-state index contributed by atoms with van der Waals surface area (Å²) in [7, 11) is 0. The van der Waals surface area contributed by atoms with Crippen molar-refractivity contribution in [1.29, 1.82) is 0 Å². The number of aryl methyl sites for hydroxylation is 1. The molecular weight excluding hydrogens is 230 g/mol. The summed E-state index contributed by atoms with van der Waals surface area (Å²) in [5.74, 6) is 0.432. The Morgan fingerprint density at radius 3 is 2.89 bits per heavy atom. The van der Waals surface area contributed by atoms with Gasteiger partial charge in [-0.25, -0.2) is 4.98 Å². The molecule has 0 radical (unpaired) electrons. The Kier molecular flexibility index (Phi) is 7.10. The highest BCUT2D eigenvalue weighted by atomic mass is 16.5. The van der Waals surface area contributed by atoms with Crippen LogP contribution in [-0.2, 0) is 11.3 Å². The van der Waals surface area contributed by atoms with Crippen LogP contribution in [0.1, 0.15) is 33.1 Å². The molecule has 0 unspecified atom stereocenters. The van der Waals surface area contributed by atoms with Gasteiger partial charge in [-0.1, -0.05) is 13.8 Å². The molecule has 0 saturated carbocycles. The topological polar surface area (TPSA) is 56.1 Å². The minimum absolute atomic E-state index is 0.0474. The van der Waals surface area contributed by atoms with Crippen LogP contribution in [0.25, 0.3) is 0 Å². The number of rotatable bonds is 9. The fourth-order valence-electron chi connectivity index (χ4n) is 1.61. The van der Waals surface area contributed by atoms with E-state index >= 15 is 0 Å². The Bertz CT molecular complexity index is 390. The normalized spacial score (nSPS) is 10.6. The van der Waals surface area contributed by atoms with Gasteiger partial charge in [-0.3, -0.25) is 4.79 Å². The number of hydrogen-bond acceptors (Lipinski definition) is 4. The van der Waals surface area contributed by atoms with E-state index in [-0.39, 0.29) is 5.56 Å². The standard InChI is InChI=1S/C13H23N3O2/c1-3-8-16-9-7-15-12(13(16)17)14-6-5-11-18-10-4-2/h7,9H,3-6,8,10-11H2,1-2H3,(H,14,15). The Labute approximate surface area is 108 Å². The molecule has 0 aliphatic carbocycles. The monoisotopic (exact) mass is 253 g/mol. The quantitative estimate of drug-likeness (QED) is 0.683. The van der Waals surface area contributed by atoms with E-state index in [9.17, 15) is 4.79 Å². The van der Waals surface area contributed by atoms with Gasteiger partial charge in [-0.2, -0.15) is 0 Å². The predicted octanol–water partition coefficient (Wildman–Crippen LogP) is 1.88. The molecule has 0 atom stereocenters. The van der Waals surface area contributed by atoms with Crippen molar-refractivity contribution in [2.24, 2.45) is 0 Å². The van der Waals surface area contributed by atoms with Gasteiger partial charge in [-0.15, -0.1) is 0 Å². The SMILES string of the molecule is CCCOCCCNc1nccn(CCC)c1=O. The molecule has 1 aromatic rings. The van der Waals surface area contributed by atoms with Gasteiger partial charge in [0.25, 0.3) is 5.56 Å². The molecule has 0 aliphatic heterocycles. The molecular formula is C13H23N3O2. The third-order valence-corrected chi connectivity index (χ3v) is 2.48. The zero-order chi connectivity index (χ0) is 13.2. The number of aromatic nitrogens is 2. The van der Waals surface area contributed by atoms with Gasteiger partial charge in [0, 0.05) is 38.7 Å². The predicted molar refractivity (Wildman–Crippen MR) is 73.0 cm³/mol. The van der Waals surface area contributed by atoms with Crippen molar-refractivity contribution in [3.8, 4) is 0 Å². The van der Waals surface area contributed by atoms with Crippen LogP contribution in [0.2, 0.25) is 0 Å². The summed E-state index contributed by atoms with van der Waals surface area (Å²) in [6, 6.07) is 0. The number of hydrogen-bond donors (Lipinski definition) is 1. The summed E-state index contributed by atoms with van der Waals surface area (Å²) >= 11 is 0. The Morgan fingerprint density at radius 2 is 2.17 bits per heavy atom. The van der Waals surface area contributed by atoms with Crippen LogP contribution in [0.5, 0.6) is 0 Å². The third kappa shape index (κ3) is 4.87. The van der Waals surface area contributed by atoms with Crippen LogP contribution >= 0.6 is 0 Å². The van der Waals surface area contributed by atoms with Crippen LogP contribution in [0.15, 0.2) is 17.2 Å². The lowest BCUT2D eigenvalue weighted by Gasteiger charge is -2.08. The molecule has 0 aromatic carbocycles. The van der Waals surface area contributed by atoms with Crippen molar-refractivity contribution in [2.45, 2.75) is 39.7 Å². The smallest absolute Gasteiger partial charge is 0.293 e. The molecule has 1 aromatic heterocycles. The van der Waals surface area contributed by atoms with Gasteiger partial charge >= 0.3 is 0 Å². The molecule has 0 fully saturated rings. The first-order valence-corrected chi connectivity index (χ1v) is 6.66. The molecule has 5 nitrogen and oxygen atoms in total. The summed E-state index contributed by atoms with van der Waals surface area (Å²) in [5, 5.41) is 3.06. The summed E-state index contributed by atoms with van der Waals surface area (Å²) in [5.41, 5.74) is -0.0474. The molecule has 1 rings (SSSR count). The summed E-state index contributed by atoms with van der Waals surface area (Å²) in [4.78, 5) is 16.0. The van der Waals surface area contributed by atoms with Crippen LogP contribution in [0.3, 0.4) is 0 Å². The molecule has 0 amide bonds. The van der Waals surface area contributed by atoms with E-state index in [1.54, 1.807) is 17.0 Å². The Balaban J connectivity index is 2.38. The number of ether oxygens (including phenoxy) is 1. The second-order valence-corrected chi connectivity index (χ2v) is 4.17. The van der Waals surface area contributed by atoms with E-state index in [1.165, 1.54) is 0 Å². The fourth-order valence-corrected chi connectivity index (χ4v) is 1.61. The van der Waals surface area contributed by atoms with Gasteiger partial charge < -0.3 is 14.6 Å². The zero-order valence-electron chi connectivity index (χ0n) is 11.3. The lowest BCUT2D eigenvalue weighted by Crippen LogP contribution is -2.24. The molecule has 18 heavy (non-hydrogen) atoms. The third-order valence-electron chi connectivity index (χ3n) is 2.48. The second kappa shape index (κ2) is 8.69. The van der Waals surface area contributed by atoms with E-state index in [2.05, 4.69) is 17.2 Å². The van der Waals surface area contributed by atoms with E-state index in [1.807, 2.05) is 6.92 Å². The van der Waals surface area contributed by atoms with Crippen LogP contribution in [-0.4, -0.2) is 29.3 Å². The molecule has 0 spiro atoms. The lowest BCUT2D eigenvalue weighted by molar-refractivity contribution is 0.134. The van der Waals surface area contributed by atoms with E-state index in [0.717, 1.165) is 39.0 Å². The first-order chi connectivity index (χ1) is 8.79. The maximum atomic E-state index is 11.9. The average molecular weight is 253 g/mol. The lowest BCUT2D eigenvalue weighted by atomic mass is 10.4. The van der Waals surface area contributed by atoms with Crippen molar-refractivity contribution in [1.82, 2.24) is 9.55 Å². The van der Waals surface area contributed by atoms with Gasteiger partial charge in [-0.05, 0) is 19.3 Å². The van der Waals surface area contributed by atoms with Crippen LogP contribution < -0.4 is 10.9 Å². The molecule has 5 heteroatoms. The Hall–Kier alpha value is -1.36. The highest BCUT2D eigenvalue weighted by molar-refractivity contribution is 5.30. The van der Waals surface area contributed by atoms with E-state index < -0.39 is 0 Å². The molecule has 102 valence electrons. The van der Waals surface area contributed by atoms with Crippen LogP contribution in [0.4, 0.5) is 5.82 Å². The van der Waals surface area contributed by atoms with E-state index in [0.29, 0.717) is 12.4 Å². The first kappa shape index (κ1) is 14.7. The van der Waals surface area contributed by atoms with Gasteiger partial charge in [0.05, 0.1) is 0 Å². The van der Waals surface area contributed by atoms with Crippen molar-refractivity contribution >= 4 is 5.82 Å². The van der Waals surface area contributed by atoms with Crippen molar-refractivity contribution < 1.29 is 4.74 Å². The van der Waals surface area contributed by atoms with Crippen molar-refractivity contribution in [3.05, 3.63) is 22.7 Å². The number of anilines is 1. The van der Waals surface area contributed by atoms with Crippen molar-refractivity contribution in [2.75, 3.05) is 25.1 Å². The highest BCUT2D eigenvalue weighted by Gasteiger charge is 2.02.